The van der Waals surface area contributed by atoms with Crippen LogP contribution in [0.2, 0.25) is 5.02 Å². The second-order valence-electron chi connectivity index (χ2n) is 4.85. The van der Waals surface area contributed by atoms with Crippen LogP contribution in [0.3, 0.4) is 0 Å². The maximum atomic E-state index is 6.23. The van der Waals surface area contributed by atoms with Crippen LogP contribution < -0.4 is 10.6 Å². The Balaban J connectivity index is 2.56. The largest absolute Gasteiger partial charge is 0.389 e. The van der Waals surface area contributed by atoms with E-state index in [0.717, 1.165) is 11.4 Å². The Bertz CT molecular complexity index is 668. The van der Waals surface area contributed by atoms with Gasteiger partial charge in [0.05, 0.1) is 16.3 Å². The number of aryl methyl sites for hydroxylation is 2. The summed E-state index contributed by atoms with van der Waals surface area (Å²) in [6, 6.07) is 12.0. The molecule has 0 radical (unpaired) electrons. The van der Waals surface area contributed by atoms with Crippen LogP contribution in [0.1, 0.15) is 16.7 Å². The van der Waals surface area contributed by atoms with Crippen molar-refractivity contribution in [2.24, 2.45) is 5.73 Å². The molecule has 20 heavy (non-hydrogen) atoms. The summed E-state index contributed by atoms with van der Waals surface area (Å²) in [6.45, 7) is 4.17. The van der Waals surface area contributed by atoms with Crippen molar-refractivity contribution in [2.45, 2.75) is 13.8 Å². The number of nitrogens with zero attached hydrogens (tertiary/aromatic N) is 1. The average Bonchev–Trinajstić information content (AvgIpc) is 2.37. The highest BCUT2D eigenvalue weighted by molar-refractivity contribution is 7.80. The van der Waals surface area contributed by atoms with Crippen LogP contribution in [-0.4, -0.2) is 12.0 Å². The Morgan fingerprint density at radius 1 is 1.15 bits per heavy atom. The average molecular weight is 305 g/mol. The quantitative estimate of drug-likeness (QED) is 0.854. The molecule has 104 valence electrons. The van der Waals surface area contributed by atoms with E-state index in [1.165, 1.54) is 11.1 Å². The van der Waals surface area contributed by atoms with Gasteiger partial charge in [0.15, 0.2) is 0 Å². The van der Waals surface area contributed by atoms with Crippen LogP contribution in [-0.2, 0) is 0 Å². The molecule has 0 aliphatic rings. The molecule has 0 bridgehead atoms. The first-order valence-electron chi connectivity index (χ1n) is 6.31. The van der Waals surface area contributed by atoms with Gasteiger partial charge in [0.1, 0.15) is 4.99 Å². The number of hydrogen-bond acceptors (Lipinski definition) is 2. The topological polar surface area (TPSA) is 29.3 Å². The van der Waals surface area contributed by atoms with E-state index in [1.807, 2.05) is 19.2 Å². The third-order valence-corrected chi connectivity index (χ3v) is 3.83. The lowest BCUT2D eigenvalue weighted by Gasteiger charge is -2.25. The number of rotatable bonds is 3. The fraction of sp³-hybridized carbons (Fsp3) is 0.188. The maximum absolute atomic E-state index is 6.23. The molecule has 2 N–H and O–H groups in total. The molecule has 0 heterocycles. The fourth-order valence-electron chi connectivity index (χ4n) is 2.35. The van der Waals surface area contributed by atoms with Gasteiger partial charge in [-0.15, -0.1) is 0 Å². The number of nitrogens with two attached hydrogens (primary N) is 1. The molecule has 2 nitrogen and oxygen atoms in total. The second-order valence-corrected chi connectivity index (χ2v) is 5.69. The molecule has 0 aliphatic carbocycles. The van der Waals surface area contributed by atoms with Gasteiger partial charge in [0, 0.05) is 12.7 Å². The van der Waals surface area contributed by atoms with Crippen molar-refractivity contribution in [1.82, 2.24) is 0 Å². The van der Waals surface area contributed by atoms with Crippen molar-refractivity contribution < 1.29 is 0 Å². The lowest BCUT2D eigenvalue weighted by Crippen LogP contribution is -2.18. The van der Waals surface area contributed by atoms with Crippen LogP contribution in [0.5, 0.6) is 0 Å². The lowest BCUT2D eigenvalue weighted by atomic mass is 10.1. The minimum absolute atomic E-state index is 0.308. The van der Waals surface area contributed by atoms with Gasteiger partial charge in [-0.25, -0.2) is 0 Å². The highest BCUT2D eigenvalue weighted by Gasteiger charge is 2.15. The number of hydrogen-bond donors (Lipinski definition) is 1. The minimum Gasteiger partial charge on any atom is -0.389 e. The first-order valence-corrected chi connectivity index (χ1v) is 7.09. The second kappa shape index (κ2) is 5.81. The van der Waals surface area contributed by atoms with Gasteiger partial charge in [-0.3, -0.25) is 0 Å². The molecule has 0 saturated carbocycles. The van der Waals surface area contributed by atoms with E-state index in [4.69, 9.17) is 29.6 Å². The molecule has 0 amide bonds. The van der Waals surface area contributed by atoms with E-state index < -0.39 is 0 Å². The zero-order valence-corrected chi connectivity index (χ0v) is 13.3. The number of anilines is 2. The first kappa shape index (κ1) is 14.8. The summed E-state index contributed by atoms with van der Waals surface area (Å²) < 4.78 is 0. The van der Waals surface area contributed by atoms with Crippen molar-refractivity contribution in [1.29, 1.82) is 0 Å². The van der Waals surface area contributed by atoms with Crippen LogP contribution in [0, 0.1) is 13.8 Å². The van der Waals surface area contributed by atoms with Crippen LogP contribution in [0.15, 0.2) is 36.4 Å². The van der Waals surface area contributed by atoms with E-state index in [0.29, 0.717) is 15.6 Å². The maximum Gasteiger partial charge on any atom is 0.107 e. The highest BCUT2D eigenvalue weighted by Crippen LogP contribution is 2.33. The molecular weight excluding hydrogens is 288 g/mol. The Morgan fingerprint density at radius 3 is 2.45 bits per heavy atom. The minimum atomic E-state index is 0.308. The summed E-state index contributed by atoms with van der Waals surface area (Å²) >= 11 is 11.4. The van der Waals surface area contributed by atoms with E-state index >= 15 is 0 Å². The predicted molar refractivity (Wildman–Crippen MR) is 91.3 cm³/mol. The van der Waals surface area contributed by atoms with E-state index in [2.05, 4.69) is 36.9 Å². The summed E-state index contributed by atoms with van der Waals surface area (Å²) in [7, 11) is 1.99. The Kier molecular flexibility index (Phi) is 4.31. The van der Waals surface area contributed by atoms with Crippen molar-refractivity contribution >= 4 is 40.2 Å². The van der Waals surface area contributed by atoms with E-state index in [1.54, 1.807) is 6.07 Å². The molecule has 2 aromatic carbocycles. The van der Waals surface area contributed by atoms with E-state index in [-0.39, 0.29) is 0 Å². The Labute approximate surface area is 130 Å². The zero-order chi connectivity index (χ0) is 14.9. The third-order valence-electron chi connectivity index (χ3n) is 3.31. The normalized spacial score (nSPS) is 10.4. The third kappa shape index (κ3) is 2.79. The molecule has 0 unspecified atom stereocenters. The number of thiocarbonyl (C=S) groups is 1. The van der Waals surface area contributed by atoms with Gasteiger partial charge in [0.25, 0.3) is 0 Å². The monoisotopic (exact) mass is 304 g/mol. The molecule has 0 aromatic heterocycles. The van der Waals surface area contributed by atoms with Gasteiger partial charge < -0.3 is 10.6 Å². The highest BCUT2D eigenvalue weighted by atomic mass is 35.5. The molecule has 0 aliphatic heterocycles. The molecule has 0 spiro atoms. The Hall–Kier alpha value is -1.58. The summed E-state index contributed by atoms with van der Waals surface area (Å²) in [6.07, 6.45) is 0. The van der Waals surface area contributed by atoms with Gasteiger partial charge in [-0.05, 0) is 37.6 Å². The van der Waals surface area contributed by atoms with Crippen LogP contribution >= 0.6 is 23.8 Å². The van der Waals surface area contributed by atoms with Crippen molar-refractivity contribution in [2.75, 3.05) is 11.9 Å². The van der Waals surface area contributed by atoms with Crippen LogP contribution in [0.25, 0.3) is 0 Å². The predicted octanol–water partition coefficient (Wildman–Crippen LogP) is 4.36. The molecule has 4 heteroatoms. The zero-order valence-electron chi connectivity index (χ0n) is 11.8. The molecular formula is C16H17ClN2S. The smallest absolute Gasteiger partial charge is 0.107 e. The lowest BCUT2D eigenvalue weighted by molar-refractivity contribution is 1.17. The van der Waals surface area contributed by atoms with E-state index in [9.17, 15) is 0 Å². The van der Waals surface area contributed by atoms with Crippen molar-refractivity contribution in [3.63, 3.8) is 0 Å². The summed E-state index contributed by atoms with van der Waals surface area (Å²) in [5.41, 5.74) is 11.0. The SMILES string of the molecule is Cc1ccc(N(C)c2cccc(Cl)c2C(N)=S)c(C)c1. The standard InChI is InChI=1S/C16H17ClN2S/c1-10-7-8-13(11(2)9-10)19(3)14-6-4-5-12(17)15(14)16(18)20/h4-9H,1-3H3,(H2,18,20). The molecule has 0 fully saturated rings. The van der Waals surface area contributed by atoms with Gasteiger partial charge in [-0.2, -0.15) is 0 Å². The number of benzene rings is 2. The molecule has 0 saturated heterocycles. The Morgan fingerprint density at radius 2 is 1.85 bits per heavy atom. The molecule has 2 rings (SSSR count). The van der Waals surface area contributed by atoms with Crippen molar-refractivity contribution in [3.05, 3.63) is 58.1 Å². The van der Waals surface area contributed by atoms with Crippen LogP contribution in [0.4, 0.5) is 11.4 Å². The molecule has 0 atom stereocenters. The summed E-state index contributed by atoms with van der Waals surface area (Å²) in [5.74, 6) is 0. The number of halogens is 1. The van der Waals surface area contributed by atoms with Gasteiger partial charge >= 0.3 is 0 Å². The summed E-state index contributed by atoms with van der Waals surface area (Å²) in [5, 5.41) is 0.576. The fourth-order valence-corrected chi connectivity index (χ4v) is 2.89. The summed E-state index contributed by atoms with van der Waals surface area (Å²) in [4.78, 5) is 2.37. The molecule has 2 aromatic rings. The van der Waals surface area contributed by atoms with Gasteiger partial charge in [0.2, 0.25) is 0 Å². The van der Waals surface area contributed by atoms with Crippen molar-refractivity contribution in [3.8, 4) is 0 Å². The van der Waals surface area contributed by atoms with Gasteiger partial charge in [-0.1, -0.05) is 47.6 Å². The first-order chi connectivity index (χ1) is 9.41.